The number of hydrogen-bond acceptors (Lipinski definition) is 4. The van der Waals surface area contributed by atoms with Crippen LogP contribution < -0.4 is 10.5 Å². The average molecular weight is 326 g/mol. The number of anilines is 1. The van der Waals surface area contributed by atoms with Gasteiger partial charge in [-0.05, 0) is 30.5 Å². The second-order valence-electron chi connectivity index (χ2n) is 6.34. The van der Waals surface area contributed by atoms with Crippen LogP contribution in [0.3, 0.4) is 0 Å². The molecule has 1 aliphatic carbocycles. The lowest BCUT2D eigenvalue weighted by atomic mass is 9.79. The van der Waals surface area contributed by atoms with Gasteiger partial charge in [0.1, 0.15) is 5.69 Å². The maximum atomic E-state index is 12.5. The van der Waals surface area contributed by atoms with Gasteiger partial charge in [0.15, 0.2) is 0 Å². The van der Waals surface area contributed by atoms with Crippen molar-refractivity contribution in [3.8, 4) is 0 Å². The number of carbonyl (C=O) groups excluding carboxylic acids is 1. The second kappa shape index (κ2) is 7.03. The third kappa shape index (κ3) is 3.27. The summed E-state index contributed by atoms with van der Waals surface area (Å²) < 4.78 is 0. The van der Waals surface area contributed by atoms with Gasteiger partial charge in [0.2, 0.25) is 0 Å². The molecule has 1 amide bonds. The smallest absolute Gasteiger partial charge is 0.253 e. The molecule has 24 heavy (non-hydrogen) atoms. The van der Waals surface area contributed by atoms with Crippen LogP contribution in [0.2, 0.25) is 0 Å². The summed E-state index contributed by atoms with van der Waals surface area (Å²) in [5.41, 5.74) is 1.52. The molecule has 0 heterocycles. The molecule has 2 aromatic rings. The molecule has 1 fully saturated rings. The van der Waals surface area contributed by atoms with Crippen molar-refractivity contribution in [2.45, 2.75) is 31.1 Å². The molecule has 0 spiro atoms. The van der Waals surface area contributed by atoms with Crippen LogP contribution >= 0.6 is 0 Å². The van der Waals surface area contributed by atoms with E-state index in [1.165, 1.54) is 11.6 Å². The van der Waals surface area contributed by atoms with E-state index in [4.69, 9.17) is 0 Å². The molecule has 0 bridgehead atoms. The van der Waals surface area contributed by atoms with E-state index in [0.29, 0.717) is 6.54 Å². The number of benzene rings is 2. The zero-order valence-electron chi connectivity index (χ0n) is 13.5. The van der Waals surface area contributed by atoms with E-state index in [2.05, 4.69) is 17.4 Å². The summed E-state index contributed by atoms with van der Waals surface area (Å²) in [6.07, 6.45) is 4.40. The number of rotatable bonds is 5. The fourth-order valence-corrected chi connectivity index (χ4v) is 3.60. The van der Waals surface area contributed by atoms with Crippen LogP contribution in [-0.2, 0) is 5.41 Å². The zero-order valence-corrected chi connectivity index (χ0v) is 13.5. The first kappa shape index (κ1) is 16.5. The lowest BCUT2D eigenvalue weighted by Gasteiger charge is -2.30. The van der Waals surface area contributed by atoms with Crippen molar-refractivity contribution in [3.05, 3.63) is 65.7 Å². The summed E-state index contributed by atoms with van der Waals surface area (Å²) in [5, 5.41) is 21.5. The van der Waals surface area contributed by atoms with Gasteiger partial charge in [0.05, 0.1) is 5.56 Å². The highest BCUT2D eigenvalue weighted by Crippen LogP contribution is 2.40. The SMILES string of the molecule is O=C(NCC1(c2ccccc2)CCCC1)c1ccccc1N(O)O. The quantitative estimate of drug-likeness (QED) is 0.735. The van der Waals surface area contributed by atoms with Crippen LogP contribution in [0.1, 0.15) is 41.6 Å². The molecule has 0 atom stereocenters. The Morgan fingerprint density at radius 3 is 2.29 bits per heavy atom. The van der Waals surface area contributed by atoms with Gasteiger partial charge in [-0.25, -0.2) is 0 Å². The number of nitrogens with one attached hydrogen (secondary N) is 1. The minimum atomic E-state index is -0.305. The molecule has 1 saturated carbocycles. The monoisotopic (exact) mass is 326 g/mol. The lowest BCUT2D eigenvalue weighted by Crippen LogP contribution is -2.39. The Morgan fingerprint density at radius 2 is 1.62 bits per heavy atom. The minimum Gasteiger partial charge on any atom is -0.351 e. The van der Waals surface area contributed by atoms with E-state index >= 15 is 0 Å². The molecule has 0 aromatic heterocycles. The van der Waals surface area contributed by atoms with Crippen molar-refractivity contribution >= 4 is 11.6 Å². The predicted molar refractivity (Wildman–Crippen MR) is 91.4 cm³/mol. The van der Waals surface area contributed by atoms with Crippen LogP contribution in [0, 0.1) is 0 Å². The number of carbonyl (C=O) groups is 1. The van der Waals surface area contributed by atoms with E-state index < -0.39 is 0 Å². The third-order valence-corrected chi connectivity index (χ3v) is 4.90. The molecule has 3 rings (SSSR count). The fourth-order valence-electron chi connectivity index (χ4n) is 3.60. The fraction of sp³-hybridized carbons (Fsp3) is 0.316. The highest BCUT2D eigenvalue weighted by Gasteiger charge is 2.36. The summed E-state index contributed by atoms with van der Waals surface area (Å²) in [6, 6.07) is 16.7. The molecular weight excluding hydrogens is 304 g/mol. The standard InChI is InChI=1S/C19H22N2O3/c22-18(16-10-4-5-11-17(16)21(23)24)20-14-19(12-6-7-13-19)15-8-2-1-3-9-15/h1-5,8-11,23-24H,6-7,12-14H2,(H,20,22). The topological polar surface area (TPSA) is 72.8 Å². The Labute approximate surface area is 141 Å². The molecule has 1 aliphatic rings. The van der Waals surface area contributed by atoms with Crippen molar-refractivity contribution < 1.29 is 15.2 Å². The highest BCUT2D eigenvalue weighted by molar-refractivity contribution is 5.99. The van der Waals surface area contributed by atoms with Crippen molar-refractivity contribution in [2.24, 2.45) is 0 Å². The normalized spacial score (nSPS) is 15.9. The highest BCUT2D eigenvalue weighted by atomic mass is 16.8. The third-order valence-electron chi connectivity index (χ3n) is 4.90. The van der Waals surface area contributed by atoms with Crippen LogP contribution in [0.4, 0.5) is 5.69 Å². The van der Waals surface area contributed by atoms with Gasteiger partial charge in [-0.1, -0.05) is 55.3 Å². The minimum absolute atomic E-state index is 0.0164. The first-order valence-corrected chi connectivity index (χ1v) is 8.23. The van der Waals surface area contributed by atoms with Crippen molar-refractivity contribution in [1.29, 1.82) is 0 Å². The van der Waals surface area contributed by atoms with E-state index in [1.54, 1.807) is 18.2 Å². The van der Waals surface area contributed by atoms with Gasteiger partial charge in [-0.2, -0.15) is 0 Å². The molecule has 3 N–H and O–H groups in total. The first-order chi connectivity index (χ1) is 11.6. The summed E-state index contributed by atoms with van der Waals surface area (Å²) in [4.78, 5) is 12.5. The van der Waals surface area contributed by atoms with Crippen LogP contribution in [0.15, 0.2) is 54.6 Å². The van der Waals surface area contributed by atoms with Crippen molar-refractivity contribution in [2.75, 3.05) is 11.8 Å². The van der Waals surface area contributed by atoms with Gasteiger partial charge in [0.25, 0.3) is 5.91 Å². The second-order valence-corrected chi connectivity index (χ2v) is 6.34. The lowest BCUT2D eigenvalue weighted by molar-refractivity contribution is 0.0284. The van der Waals surface area contributed by atoms with Gasteiger partial charge in [0, 0.05) is 12.0 Å². The average Bonchev–Trinajstić information content (AvgIpc) is 3.10. The molecule has 2 aromatic carbocycles. The van der Waals surface area contributed by atoms with Gasteiger partial charge < -0.3 is 5.32 Å². The van der Waals surface area contributed by atoms with E-state index in [-0.39, 0.29) is 27.8 Å². The summed E-state index contributed by atoms with van der Waals surface area (Å²) >= 11 is 0. The van der Waals surface area contributed by atoms with Crippen molar-refractivity contribution in [3.63, 3.8) is 0 Å². The van der Waals surface area contributed by atoms with Gasteiger partial charge >= 0.3 is 0 Å². The Kier molecular flexibility index (Phi) is 4.83. The van der Waals surface area contributed by atoms with Gasteiger partial charge in [-0.3, -0.25) is 15.2 Å². The van der Waals surface area contributed by atoms with Crippen LogP contribution in [0.25, 0.3) is 0 Å². The number of hydrogen-bond donors (Lipinski definition) is 3. The zero-order chi connectivity index (χ0) is 17.0. The van der Waals surface area contributed by atoms with Crippen molar-refractivity contribution in [1.82, 2.24) is 5.32 Å². The Hall–Kier alpha value is -2.37. The van der Waals surface area contributed by atoms with E-state index in [1.807, 2.05) is 18.2 Å². The summed E-state index contributed by atoms with van der Waals surface area (Å²) in [7, 11) is 0. The van der Waals surface area contributed by atoms with Gasteiger partial charge in [-0.15, -0.1) is 5.23 Å². The van der Waals surface area contributed by atoms with E-state index in [9.17, 15) is 15.2 Å². The summed E-state index contributed by atoms with van der Waals surface area (Å²) in [6.45, 7) is 0.543. The molecular formula is C19H22N2O3. The maximum Gasteiger partial charge on any atom is 0.253 e. The number of para-hydroxylation sites is 1. The molecule has 0 radical (unpaired) electrons. The number of nitrogens with zero attached hydrogens (tertiary/aromatic N) is 1. The molecule has 126 valence electrons. The first-order valence-electron chi connectivity index (χ1n) is 8.23. The summed E-state index contributed by atoms with van der Waals surface area (Å²) in [5.74, 6) is -0.305. The molecule has 0 saturated heterocycles. The Bertz CT molecular complexity index is 695. The molecule has 5 nitrogen and oxygen atoms in total. The predicted octanol–water partition coefficient (Wildman–Crippen LogP) is 3.51. The molecule has 5 heteroatoms. The Morgan fingerprint density at radius 1 is 1.00 bits per heavy atom. The number of amides is 1. The maximum absolute atomic E-state index is 12.5. The molecule has 0 aliphatic heterocycles. The molecule has 0 unspecified atom stereocenters. The van der Waals surface area contributed by atoms with Crippen LogP contribution in [0.5, 0.6) is 0 Å². The van der Waals surface area contributed by atoms with Crippen LogP contribution in [-0.4, -0.2) is 22.9 Å². The Balaban J connectivity index is 1.78. The largest absolute Gasteiger partial charge is 0.351 e. The van der Waals surface area contributed by atoms with E-state index in [0.717, 1.165) is 25.7 Å².